The number of carbonyl (C=O) groups is 1. The third kappa shape index (κ3) is 3.80. The molecule has 0 atom stereocenters. The molecule has 0 bridgehead atoms. The number of carbonyl (C=O) groups excluding carboxylic acids is 1. The van der Waals surface area contributed by atoms with Gasteiger partial charge in [0.1, 0.15) is 0 Å². The summed E-state index contributed by atoms with van der Waals surface area (Å²) in [5, 5.41) is 3.22. The predicted octanol–water partition coefficient (Wildman–Crippen LogP) is 3.61. The molecule has 0 saturated heterocycles. The van der Waals surface area contributed by atoms with E-state index < -0.39 is 6.09 Å². The van der Waals surface area contributed by atoms with Crippen LogP contribution in [0.5, 0.6) is 0 Å². The smallest absolute Gasteiger partial charge is 0.411 e. The molecule has 0 aliphatic carbocycles. The first-order chi connectivity index (χ1) is 6.99. The van der Waals surface area contributed by atoms with Crippen molar-refractivity contribution in [3.05, 3.63) is 28.8 Å². The first-order valence-electron chi connectivity index (χ1n) is 4.73. The van der Waals surface area contributed by atoms with Gasteiger partial charge in [0.2, 0.25) is 0 Å². The lowest BCUT2D eigenvalue weighted by atomic mass is 10.2. The predicted molar refractivity (Wildman–Crippen MR) is 61.4 cm³/mol. The molecule has 1 N–H and O–H groups in total. The van der Waals surface area contributed by atoms with E-state index in [9.17, 15) is 4.79 Å². The number of halogens is 1. The average Bonchev–Trinajstić information content (AvgIpc) is 2.10. The second-order valence-electron chi connectivity index (χ2n) is 3.54. The van der Waals surface area contributed by atoms with Gasteiger partial charge in [-0.25, -0.2) is 4.79 Å². The van der Waals surface area contributed by atoms with Crippen LogP contribution in [0.4, 0.5) is 10.5 Å². The Bertz CT molecular complexity index is 364. The normalized spacial score (nSPS) is 10.2. The molecule has 4 heteroatoms. The molecule has 0 aliphatic rings. The van der Waals surface area contributed by atoms with E-state index in [1.54, 1.807) is 26.0 Å². The highest BCUT2D eigenvalue weighted by atomic mass is 35.5. The van der Waals surface area contributed by atoms with E-state index >= 15 is 0 Å². The highest BCUT2D eigenvalue weighted by molar-refractivity contribution is 6.31. The molecule has 82 valence electrons. The summed E-state index contributed by atoms with van der Waals surface area (Å²) in [5.74, 6) is 0. The van der Waals surface area contributed by atoms with Gasteiger partial charge in [0, 0.05) is 10.7 Å². The third-order valence-electron chi connectivity index (χ3n) is 1.76. The SMILES string of the molecule is Cc1ccc(NC(=O)OC(C)C)cc1Cl. The first kappa shape index (κ1) is 11.9. The van der Waals surface area contributed by atoms with Crippen LogP contribution < -0.4 is 5.32 Å². The monoisotopic (exact) mass is 227 g/mol. The maximum absolute atomic E-state index is 11.2. The van der Waals surface area contributed by atoms with Gasteiger partial charge in [-0.2, -0.15) is 0 Å². The van der Waals surface area contributed by atoms with E-state index in [1.165, 1.54) is 0 Å². The lowest BCUT2D eigenvalue weighted by Crippen LogP contribution is -2.17. The molecule has 0 aromatic heterocycles. The summed E-state index contributed by atoms with van der Waals surface area (Å²) >= 11 is 5.91. The summed E-state index contributed by atoms with van der Waals surface area (Å²) in [7, 11) is 0. The third-order valence-corrected chi connectivity index (χ3v) is 2.17. The Hall–Kier alpha value is -1.22. The number of ether oxygens (including phenoxy) is 1. The first-order valence-corrected chi connectivity index (χ1v) is 5.10. The van der Waals surface area contributed by atoms with Crippen molar-refractivity contribution in [3.63, 3.8) is 0 Å². The lowest BCUT2D eigenvalue weighted by Gasteiger charge is -2.10. The van der Waals surface area contributed by atoms with E-state index in [2.05, 4.69) is 5.32 Å². The summed E-state index contributed by atoms with van der Waals surface area (Å²) in [4.78, 5) is 11.2. The number of aryl methyl sites for hydroxylation is 1. The average molecular weight is 228 g/mol. The van der Waals surface area contributed by atoms with Crippen molar-refractivity contribution >= 4 is 23.4 Å². The van der Waals surface area contributed by atoms with Gasteiger partial charge in [-0.15, -0.1) is 0 Å². The molecule has 0 fully saturated rings. The largest absolute Gasteiger partial charge is 0.447 e. The fourth-order valence-electron chi connectivity index (χ4n) is 1.03. The van der Waals surface area contributed by atoms with Gasteiger partial charge in [-0.1, -0.05) is 17.7 Å². The molecule has 15 heavy (non-hydrogen) atoms. The van der Waals surface area contributed by atoms with E-state index in [0.717, 1.165) is 5.56 Å². The van der Waals surface area contributed by atoms with Crippen LogP contribution in [0, 0.1) is 6.92 Å². The van der Waals surface area contributed by atoms with Crippen molar-refractivity contribution in [2.24, 2.45) is 0 Å². The molecule has 0 aliphatic heterocycles. The zero-order valence-electron chi connectivity index (χ0n) is 9.00. The number of benzene rings is 1. The summed E-state index contributed by atoms with van der Waals surface area (Å²) < 4.78 is 4.93. The molecule has 0 saturated carbocycles. The van der Waals surface area contributed by atoms with Crippen LogP contribution in [-0.4, -0.2) is 12.2 Å². The van der Waals surface area contributed by atoms with Crippen molar-refractivity contribution in [2.45, 2.75) is 26.9 Å². The van der Waals surface area contributed by atoms with Crippen LogP contribution in [0.1, 0.15) is 19.4 Å². The molecule has 1 rings (SSSR count). The van der Waals surface area contributed by atoms with Crippen LogP contribution in [0.3, 0.4) is 0 Å². The van der Waals surface area contributed by atoms with Crippen LogP contribution in [0.15, 0.2) is 18.2 Å². The Balaban J connectivity index is 2.65. The highest BCUT2D eigenvalue weighted by Gasteiger charge is 2.06. The molecular formula is C11H14ClNO2. The quantitative estimate of drug-likeness (QED) is 0.838. The maximum Gasteiger partial charge on any atom is 0.411 e. The summed E-state index contributed by atoms with van der Waals surface area (Å²) in [5.41, 5.74) is 1.61. The summed E-state index contributed by atoms with van der Waals surface area (Å²) in [6.45, 7) is 5.49. The zero-order chi connectivity index (χ0) is 11.4. The fourth-order valence-corrected chi connectivity index (χ4v) is 1.21. The Labute approximate surface area is 94.4 Å². The zero-order valence-corrected chi connectivity index (χ0v) is 9.76. The highest BCUT2D eigenvalue weighted by Crippen LogP contribution is 2.20. The van der Waals surface area contributed by atoms with Gasteiger partial charge in [0.15, 0.2) is 0 Å². The number of nitrogens with one attached hydrogen (secondary N) is 1. The molecule has 1 aromatic rings. The molecule has 3 nitrogen and oxygen atoms in total. The number of amides is 1. The fraction of sp³-hybridized carbons (Fsp3) is 0.364. The van der Waals surface area contributed by atoms with Gasteiger partial charge < -0.3 is 4.74 Å². The Morgan fingerprint density at radius 1 is 1.47 bits per heavy atom. The van der Waals surface area contributed by atoms with Gasteiger partial charge in [-0.05, 0) is 38.5 Å². The second-order valence-corrected chi connectivity index (χ2v) is 3.95. The van der Waals surface area contributed by atoms with Crippen molar-refractivity contribution < 1.29 is 9.53 Å². The standard InChI is InChI=1S/C11H14ClNO2/c1-7(2)15-11(14)13-9-5-4-8(3)10(12)6-9/h4-7H,1-3H3,(H,13,14). The topological polar surface area (TPSA) is 38.3 Å². The van der Waals surface area contributed by atoms with E-state index in [4.69, 9.17) is 16.3 Å². The number of hydrogen-bond donors (Lipinski definition) is 1. The van der Waals surface area contributed by atoms with E-state index in [1.807, 2.05) is 13.0 Å². The number of anilines is 1. The molecule has 0 radical (unpaired) electrons. The van der Waals surface area contributed by atoms with E-state index in [0.29, 0.717) is 10.7 Å². The lowest BCUT2D eigenvalue weighted by molar-refractivity contribution is 0.130. The minimum Gasteiger partial charge on any atom is -0.447 e. The van der Waals surface area contributed by atoms with Gasteiger partial charge in [0.25, 0.3) is 0 Å². The van der Waals surface area contributed by atoms with Gasteiger partial charge >= 0.3 is 6.09 Å². The molecule has 1 aromatic carbocycles. The Morgan fingerprint density at radius 3 is 2.67 bits per heavy atom. The van der Waals surface area contributed by atoms with Crippen LogP contribution in [0.25, 0.3) is 0 Å². The number of rotatable bonds is 2. The van der Waals surface area contributed by atoms with Crippen LogP contribution in [0.2, 0.25) is 5.02 Å². The minimum absolute atomic E-state index is 0.133. The van der Waals surface area contributed by atoms with Crippen molar-refractivity contribution in [3.8, 4) is 0 Å². The van der Waals surface area contributed by atoms with E-state index in [-0.39, 0.29) is 6.10 Å². The molecule has 0 unspecified atom stereocenters. The van der Waals surface area contributed by atoms with Crippen LogP contribution >= 0.6 is 11.6 Å². The van der Waals surface area contributed by atoms with Gasteiger partial charge in [-0.3, -0.25) is 5.32 Å². The second kappa shape index (κ2) is 5.03. The molecule has 0 spiro atoms. The Morgan fingerprint density at radius 2 is 2.13 bits per heavy atom. The van der Waals surface area contributed by atoms with Crippen LogP contribution in [-0.2, 0) is 4.74 Å². The Kier molecular flexibility index (Phi) is 3.97. The summed E-state index contributed by atoms with van der Waals surface area (Å²) in [6.07, 6.45) is -0.601. The van der Waals surface area contributed by atoms with Crippen molar-refractivity contribution in [2.75, 3.05) is 5.32 Å². The summed E-state index contributed by atoms with van der Waals surface area (Å²) in [6, 6.07) is 5.31. The van der Waals surface area contributed by atoms with Crippen molar-refractivity contribution in [1.82, 2.24) is 0 Å². The van der Waals surface area contributed by atoms with Crippen molar-refractivity contribution in [1.29, 1.82) is 0 Å². The maximum atomic E-state index is 11.2. The molecular weight excluding hydrogens is 214 g/mol. The number of hydrogen-bond acceptors (Lipinski definition) is 2. The molecule has 0 heterocycles. The minimum atomic E-state index is -0.468. The molecule has 1 amide bonds. The van der Waals surface area contributed by atoms with Gasteiger partial charge in [0.05, 0.1) is 6.10 Å².